The average Bonchev–Trinajstić information content (AvgIpc) is 2.41. The van der Waals surface area contributed by atoms with Crippen molar-refractivity contribution >= 4 is 14.4 Å². The van der Waals surface area contributed by atoms with Crippen molar-refractivity contribution in [3.8, 4) is 0 Å². The molecule has 1 aliphatic carbocycles. The van der Waals surface area contributed by atoms with Crippen LogP contribution in [0.5, 0.6) is 0 Å². The summed E-state index contributed by atoms with van der Waals surface area (Å²) >= 11 is 0. The highest BCUT2D eigenvalue weighted by Crippen LogP contribution is 2.30. The van der Waals surface area contributed by atoms with Gasteiger partial charge in [-0.1, -0.05) is 23.8 Å². The molecule has 0 aromatic heterocycles. The second-order valence-electron chi connectivity index (χ2n) is 5.31. The molecule has 6 nitrogen and oxygen atoms in total. The molecule has 1 aliphatic heterocycles. The van der Waals surface area contributed by atoms with E-state index in [9.17, 15) is 9.36 Å². The first-order chi connectivity index (χ1) is 8.58. The molecule has 0 aromatic rings. The lowest BCUT2D eigenvalue weighted by molar-refractivity contribution is -0.138. The Labute approximate surface area is 109 Å². The summed E-state index contributed by atoms with van der Waals surface area (Å²) in [5.41, 5.74) is 6.02. The second-order valence-corrected chi connectivity index (χ2v) is 6.34. The van der Waals surface area contributed by atoms with Crippen molar-refractivity contribution < 1.29 is 9.36 Å². The van der Waals surface area contributed by atoms with Crippen LogP contribution in [0.15, 0.2) is 0 Å². The summed E-state index contributed by atoms with van der Waals surface area (Å²) in [4.78, 5) is 12.0. The number of hydrogen-bond donors (Lipinski definition) is 3. The fourth-order valence-electron chi connectivity index (χ4n) is 2.87. The van der Waals surface area contributed by atoms with E-state index in [0.717, 1.165) is 17.9 Å². The second kappa shape index (κ2) is 5.61. The molecule has 0 radical (unpaired) electrons. The van der Waals surface area contributed by atoms with Gasteiger partial charge in [-0.2, -0.15) is 0 Å². The first kappa shape index (κ1) is 13.9. The molecule has 0 bridgehead atoms. The Morgan fingerprint density at radius 2 is 1.94 bits per heavy atom. The molecule has 3 atom stereocenters. The first-order valence-electron chi connectivity index (χ1n) is 6.59. The molecule has 7 heteroatoms. The molecule has 1 heterocycles. The normalized spacial score (nSPS) is 35.1. The van der Waals surface area contributed by atoms with Crippen molar-refractivity contribution in [3.63, 3.8) is 0 Å². The third-order valence-electron chi connectivity index (χ3n) is 4.03. The van der Waals surface area contributed by atoms with E-state index in [1.54, 1.807) is 0 Å². The maximum atomic E-state index is 12.0. The lowest BCUT2D eigenvalue weighted by Crippen LogP contribution is -2.69. The standard InChI is InChI=1S/C11H21N4O2P/c12-11(18-17)9(6-7-15(13)10(11)16)14-8-4-2-1-3-5-8/h8-9,14H,1-7,12-13H2/p+1/t9?,11-/m0/s1. The number of hydrogen-bond acceptors (Lipinski definition) is 5. The van der Waals surface area contributed by atoms with Crippen LogP contribution >= 0.6 is 8.46 Å². The zero-order chi connectivity index (χ0) is 13.2. The van der Waals surface area contributed by atoms with Gasteiger partial charge in [-0.05, 0) is 19.3 Å². The fraction of sp³-hybridized carbons (Fsp3) is 0.909. The summed E-state index contributed by atoms with van der Waals surface area (Å²) in [6.07, 6.45) is 6.56. The van der Waals surface area contributed by atoms with Crippen LogP contribution in [0.4, 0.5) is 0 Å². The van der Waals surface area contributed by atoms with Gasteiger partial charge in [-0.15, -0.1) is 0 Å². The molecule has 2 rings (SSSR count). The van der Waals surface area contributed by atoms with Gasteiger partial charge in [-0.25, -0.2) is 5.84 Å². The Bertz CT molecular complexity index is 335. The SMILES string of the molecule is NN1CCC(NC2CCCCC2)[C@](N)([PH+]=O)C1=O. The number of nitrogens with zero attached hydrogens (tertiary/aromatic N) is 1. The van der Waals surface area contributed by atoms with E-state index in [-0.39, 0.29) is 6.04 Å². The number of nitrogens with one attached hydrogen (secondary N) is 1. The van der Waals surface area contributed by atoms with E-state index in [1.165, 1.54) is 19.3 Å². The van der Waals surface area contributed by atoms with Crippen molar-refractivity contribution in [2.24, 2.45) is 11.6 Å². The van der Waals surface area contributed by atoms with Gasteiger partial charge >= 0.3 is 19.6 Å². The van der Waals surface area contributed by atoms with Crippen molar-refractivity contribution in [2.45, 2.75) is 55.9 Å². The van der Waals surface area contributed by atoms with Gasteiger partial charge in [0.2, 0.25) is 0 Å². The monoisotopic (exact) mass is 273 g/mol. The van der Waals surface area contributed by atoms with Crippen LogP contribution in [0, 0.1) is 0 Å². The van der Waals surface area contributed by atoms with Gasteiger partial charge in [-0.3, -0.25) is 15.5 Å². The van der Waals surface area contributed by atoms with Crippen LogP contribution in [0.2, 0.25) is 0 Å². The highest BCUT2D eigenvalue weighted by Gasteiger charge is 2.55. The van der Waals surface area contributed by atoms with Crippen LogP contribution < -0.4 is 16.9 Å². The van der Waals surface area contributed by atoms with Crippen molar-refractivity contribution in [1.82, 2.24) is 10.3 Å². The predicted molar refractivity (Wildman–Crippen MR) is 70.2 cm³/mol. The van der Waals surface area contributed by atoms with E-state index < -0.39 is 19.6 Å². The van der Waals surface area contributed by atoms with Gasteiger partial charge in [0.15, 0.2) is 0 Å². The predicted octanol–water partition coefficient (Wildman–Crippen LogP) is 0.0623. The summed E-state index contributed by atoms with van der Waals surface area (Å²) in [7, 11) is -0.878. The lowest BCUT2D eigenvalue weighted by atomic mass is 9.92. The third-order valence-corrected chi connectivity index (χ3v) is 4.93. The number of carbonyl (C=O) groups excluding carboxylic acids is 1. The van der Waals surface area contributed by atoms with E-state index in [2.05, 4.69) is 5.32 Å². The molecule has 1 amide bonds. The molecule has 1 saturated carbocycles. The molecule has 2 unspecified atom stereocenters. The zero-order valence-corrected chi connectivity index (χ0v) is 11.5. The molecular formula is C11H22N4O2P+. The van der Waals surface area contributed by atoms with E-state index in [4.69, 9.17) is 11.6 Å². The summed E-state index contributed by atoms with van der Waals surface area (Å²) in [6, 6.07) is 0.156. The quantitative estimate of drug-likeness (QED) is 0.383. The molecule has 102 valence electrons. The molecule has 0 spiro atoms. The molecule has 2 fully saturated rings. The molecule has 1 saturated heterocycles. The van der Waals surface area contributed by atoms with Crippen molar-refractivity contribution in [1.29, 1.82) is 0 Å². The maximum Gasteiger partial charge on any atom is 0.358 e. The van der Waals surface area contributed by atoms with Gasteiger partial charge in [0.05, 0.1) is 6.04 Å². The summed E-state index contributed by atoms with van der Waals surface area (Å²) in [5, 5.41) is 3.16. The number of nitrogens with two attached hydrogens (primary N) is 2. The fourth-order valence-corrected chi connectivity index (χ4v) is 3.47. The van der Waals surface area contributed by atoms with E-state index in [1.807, 2.05) is 0 Å². The Morgan fingerprint density at radius 1 is 1.28 bits per heavy atom. The molecule has 0 aromatic carbocycles. The van der Waals surface area contributed by atoms with Crippen LogP contribution in [0.1, 0.15) is 38.5 Å². The Kier molecular flexibility index (Phi) is 4.33. The smallest absolute Gasteiger partial charge is 0.305 e. The summed E-state index contributed by atoms with van der Waals surface area (Å²) in [5.74, 6) is 5.15. The van der Waals surface area contributed by atoms with E-state index in [0.29, 0.717) is 19.0 Å². The minimum absolute atomic E-state index is 0.233. The van der Waals surface area contributed by atoms with Crippen molar-refractivity contribution in [2.75, 3.05) is 6.54 Å². The molecule has 18 heavy (non-hydrogen) atoms. The Morgan fingerprint density at radius 3 is 2.56 bits per heavy atom. The number of amides is 1. The number of hydrazine groups is 1. The summed E-state index contributed by atoms with van der Waals surface area (Å²) < 4.78 is 11.4. The topological polar surface area (TPSA) is 101 Å². The van der Waals surface area contributed by atoms with Gasteiger partial charge in [0.1, 0.15) is 0 Å². The third kappa shape index (κ3) is 2.57. The minimum Gasteiger partial charge on any atom is -0.305 e. The Balaban J connectivity index is 2.05. The van der Waals surface area contributed by atoms with Crippen LogP contribution in [-0.2, 0) is 9.36 Å². The Hall–Kier alpha value is -0.550. The van der Waals surface area contributed by atoms with Gasteiger partial charge in [0.25, 0.3) is 0 Å². The molecular weight excluding hydrogens is 251 g/mol. The van der Waals surface area contributed by atoms with Crippen molar-refractivity contribution in [3.05, 3.63) is 0 Å². The first-order valence-corrected chi connectivity index (χ1v) is 7.49. The number of carbonyl (C=O) groups is 1. The number of piperidine rings is 1. The van der Waals surface area contributed by atoms with E-state index >= 15 is 0 Å². The van der Waals surface area contributed by atoms with Crippen LogP contribution in [0.3, 0.4) is 0 Å². The minimum atomic E-state index is -1.36. The highest BCUT2D eigenvalue weighted by molar-refractivity contribution is 7.27. The largest absolute Gasteiger partial charge is 0.358 e. The zero-order valence-electron chi connectivity index (χ0n) is 10.5. The van der Waals surface area contributed by atoms with Crippen LogP contribution in [0.25, 0.3) is 0 Å². The molecule has 2 aliphatic rings. The average molecular weight is 273 g/mol. The maximum absolute atomic E-state index is 12.0. The number of rotatable bonds is 3. The van der Waals surface area contributed by atoms with Gasteiger partial charge in [0, 0.05) is 12.6 Å². The van der Waals surface area contributed by atoms with Crippen LogP contribution in [-0.4, -0.2) is 34.8 Å². The molecule has 5 N–H and O–H groups in total. The highest BCUT2D eigenvalue weighted by atomic mass is 31.1. The summed E-state index contributed by atoms with van der Waals surface area (Å²) in [6.45, 7) is 0.465. The lowest BCUT2D eigenvalue weighted by Gasteiger charge is -2.38. The van der Waals surface area contributed by atoms with Gasteiger partial charge < -0.3 is 5.32 Å².